The third-order valence-electron chi connectivity index (χ3n) is 4.50. The van der Waals surface area contributed by atoms with Crippen molar-refractivity contribution in [2.75, 3.05) is 5.32 Å². The number of carbonyl (C=O) groups is 1. The van der Waals surface area contributed by atoms with Crippen LogP contribution in [0.2, 0.25) is 5.02 Å². The maximum absolute atomic E-state index is 12.7. The number of anilines is 1. The van der Waals surface area contributed by atoms with Crippen molar-refractivity contribution in [1.29, 1.82) is 0 Å². The Kier molecular flexibility index (Phi) is 5.40. The molecule has 1 N–H and O–H groups in total. The van der Waals surface area contributed by atoms with Gasteiger partial charge >= 0.3 is 0 Å². The highest BCUT2D eigenvalue weighted by Gasteiger charge is 2.16. The van der Waals surface area contributed by atoms with E-state index in [4.69, 9.17) is 16.6 Å². The van der Waals surface area contributed by atoms with Gasteiger partial charge in [-0.25, -0.2) is 9.67 Å². The summed E-state index contributed by atoms with van der Waals surface area (Å²) in [5, 5.41) is 8.08. The molecular weight excluding hydrogens is 384 g/mol. The molecule has 144 valence electrons. The zero-order valence-corrected chi connectivity index (χ0v) is 16.6. The zero-order valence-electron chi connectivity index (χ0n) is 15.8. The average molecular weight is 403 g/mol. The van der Waals surface area contributed by atoms with E-state index in [1.807, 2.05) is 73.7 Å². The molecule has 6 heteroatoms. The van der Waals surface area contributed by atoms with Gasteiger partial charge in [-0.1, -0.05) is 78.3 Å². The van der Waals surface area contributed by atoms with Gasteiger partial charge in [0.25, 0.3) is 0 Å². The quantitative estimate of drug-likeness (QED) is 0.498. The van der Waals surface area contributed by atoms with Crippen LogP contribution in [0.25, 0.3) is 22.8 Å². The van der Waals surface area contributed by atoms with Crippen LogP contribution < -0.4 is 5.32 Å². The van der Waals surface area contributed by atoms with Gasteiger partial charge < -0.3 is 5.32 Å². The summed E-state index contributed by atoms with van der Waals surface area (Å²) in [7, 11) is 0. The maximum Gasteiger partial charge on any atom is 0.246 e. The van der Waals surface area contributed by atoms with Gasteiger partial charge in [0.2, 0.25) is 5.91 Å². The van der Waals surface area contributed by atoms with E-state index >= 15 is 0 Å². The number of carbonyl (C=O) groups excluding carboxylic acids is 1. The highest BCUT2D eigenvalue weighted by Crippen LogP contribution is 2.23. The first-order chi connectivity index (χ1) is 14.1. The molecule has 0 saturated carbocycles. The molecule has 0 fully saturated rings. The maximum atomic E-state index is 12.7. The number of hydrogen-bond donors (Lipinski definition) is 1. The third kappa shape index (κ3) is 4.36. The van der Waals surface area contributed by atoms with Gasteiger partial charge in [-0.2, -0.15) is 0 Å². The van der Waals surface area contributed by atoms with Crippen LogP contribution in [0, 0.1) is 6.92 Å². The number of benzene rings is 3. The lowest BCUT2D eigenvalue weighted by molar-refractivity contribution is -0.116. The van der Waals surface area contributed by atoms with Crippen molar-refractivity contribution in [3.05, 3.63) is 89.4 Å². The Morgan fingerprint density at radius 3 is 2.31 bits per heavy atom. The van der Waals surface area contributed by atoms with Gasteiger partial charge in [0.05, 0.1) is 0 Å². The predicted octanol–water partition coefficient (Wildman–Crippen LogP) is 5.21. The second kappa shape index (κ2) is 8.29. The summed E-state index contributed by atoms with van der Waals surface area (Å²) in [6, 6.07) is 24.8. The van der Waals surface area contributed by atoms with Crippen molar-refractivity contribution in [3.8, 4) is 22.8 Å². The van der Waals surface area contributed by atoms with Gasteiger partial charge in [-0.05, 0) is 24.6 Å². The van der Waals surface area contributed by atoms with Gasteiger partial charge in [0.1, 0.15) is 6.54 Å². The highest BCUT2D eigenvalue weighted by atomic mass is 35.5. The molecule has 0 aliphatic rings. The number of rotatable bonds is 5. The molecule has 0 spiro atoms. The fourth-order valence-corrected chi connectivity index (χ4v) is 3.19. The lowest BCUT2D eigenvalue weighted by atomic mass is 10.2. The van der Waals surface area contributed by atoms with Crippen LogP contribution in [0.15, 0.2) is 78.9 Å². The third-order valence-corrected chi connectivity index (χ3v) is 4.74. The minimum absolute atomic E-state index is 0.0377. The summed E-state index contributed by atoms with van der Waals surface area (Å²) in [5.41, 5.74) is 3.42. The smallest absolute Gasteiger partial charge is 0.246 e. The number of halogens is 1. The van der Waals surface area contributed by atoms with Crippen LogP contribution in [-0.4, -0.2) is 20.7 Å². The van der Waals surface area contributed by atoms with Crippen molar-refractivity contribution in [2.24, 2.45) is 0 Å². The van der Waals surface area contributed by atoms with E-state index in [0.717, 1.165) is 16.7 Å². The summed E-state index contributed by atoms with van der Waals surface area (Å²) in [5.74, 6) is 1.02. The van der Waals surface area contributed by atoms with Crippen molar-refractivity contribution >= 4 is 23.2 Å². The molecule has 1 amide bonds. The van der Waals surface area contributed by atoms with Crippen molar-refractivity contribution in [1.82, 2.24) is 14.8 Å². The first-order valence-corrected chi connectivity index (χ1v) is 9.59. The zero-order chi connectivity index (χ0) is 20.2. The Balaban J connectivity index is 1.66. The van der Waals surface area contributed by atoms with E-state index in [1.54, 1.807) is 16.8 Å². The number of amides is 1. The Labute approximate surface area is 174 Å². The van der Waals surface area contributed by atoms with Crippen LogP contribution in [0.5, 0.6) is 0 Å². The second-order valence-corrected chi connectivity index (χ2v) is 7.09. The van der Waals surface area contributed by atoms with Crippen LogP contribution in [0.4, 0.5) is 5.69 Å². The molecule has 4 aromatic rings. The molecule has 5 nitrogen and oxygen atoms in total. The highest BCUT2D eigenvalue weighted by molar-refractivity contribution is 6.31. The lowest BCUT2D eigenvalue weighted by Gasteiger charge is -2.10. The van der Waals surface area contributed by atoms with Crippen LogP contribution in [0.1, 0.15) is 5.56 Å². The van der Waals surface area contributed by atoms with Gasteiger partial charge in [-0.3, -0.25) is 4.79 Å². The molecule has 29 heavy (non-hydrogen) atoms. The van der Waals surface area contributed by atoms with Gasteiger partial charge in [0.15, 0.2) is 11.6 Å². The summed E-state index contributed by atoms with van der Waals surface area (Å²) in [6.07, 6.45) is 0. The monoisotopic (exact) mass is 402 g/mol. The Hall–Kier alpha value is -3.44. The Morgan fingerprint density at radius 1 is 0.966 bits per heavy atom. The molecule has 0 radical (unpaired) electrons. The van der Waals surface area contributed by atoms with Crippen LogP contribution >= 0.6 is 11.6 Å². The van der Waals surface area contributed by atoms with Crippen molar-refractivity contribution < 1.29 is 4.79 Å². The topological polar surface area (TPSA) is 59.8 Å². The van der Waals surface area contributed by atoms with E-state index in [2.05, 4.69) is 10.4 Å². The predicted molar refractivity (Wildman–Crippen MR) is 116 cm³/mol. The van der Waals surface area contributed by atoms with Crippen molar-refractivity contribution in [3.63, 3.8) is 0 Å². The first-order valence-electron chi connectivity index (χ1n) is 9.22. The molecule has 4 rings (SSSR count). The summed E-state index contributed by atoms with van der Waals surface area (Å²) < 4.78 is 1.63. The normalized spacial score (nSPS) is 10.7. The summed E-state index contributed by atoms with van der Waals surface area (Å²) >= 11 is 6.06. The molecular formula is C23H19ClN4O. The molecule has 0 unspecified atom stereocenters. The summed E-state index contributed by atoms with van der Waals surface area (Å²) in [6.45, 7) is 1.96. The second-order valence-electron chi connectivity index (χ2n) is 6.66. The van der Waals surface area contributed by atoms with Gasteiger partial charge in [0, 0.05) is 21.8 Å². The molecule has 3 aromatic carbocycles. The average Bonchev–Trinajstić information content (AvgIpc) is 3.15. The fourth-order valence-electron chi connectivity index (χ4n) is 3.02. The number of aromatic nitrogens is 3. The van der Waals surface area contributed by atoms with E-state index in [1.165, 1.54) is 0 Å². The Morgan fingerprint density at radius 2 is 1.62 bits per heavy atom. The lowest BCUT2D eigenvalue weighted by Crippen LogP contribution is -2.20. The van der Waals surface area contributed by atoms with Crippen LogP contribution in [0.3, 0.4) is 0 Å². The standard InChI is InChI=1S/C23H19ClN4O/c1-16-12-13-19(24)14-20(16)25-21(29)15-28-23(18-10-6-3-7-11-18)26-22(27-28)17-8-4-2-5-9-17/h2-14H,15H2,1H3,(H,25,29). The minimum atomic E-state index is -0.197. The molecule has 0 aliphatic carbocycles. The largest absolute Gasteiger partial charge is 0.324 e. The number of hydrogen-bond acceptors (Lipinski definition) is 3. The molecule has 0 saturated heterocycles. The number of nitrogens with one attached hydrogen (secondary N) is 1. The number of nitrogens with zero attached hydrogens (tertiary/aromatic N) is 3. The molecule has 1 aromatic heterocycles. The van der Waals surface area contributed by atoms with Crippen LogP contribution in [-0.2, 0) is 11.3 Å². The summed E-state index contributed by atoms with van der Waals surface area (Å²) in [4.78, 5) is 17.4. The molecule has 0 bridgehead atoms. The number of aryl methyl sites for hydroxylation is 1. The SMILES string of the molecule is Cc1ccc(Cl)cc1NC(=O)Cn1nc(-c2ccccc2)nc1-c1ccccc1. The van der Waals surface area contributed by atoms with Crippen molar-refractivity contribution in [2.45, 2.75) is 13.5 Å². The van der Waals surface area contributed by atoms with E-state index in [9.17, 15) is 4.79 Å². The molecule has 1 heterocycles. The van der Waals surface area contributed by atoms with E-state index in [-0.39, 0.29) is 12.5 Å². The fraction of sp³-hybridized carbons (Fsp3) is 0.0870. The molecule has 0 aliphatic heterocycles. The van der Waals surface area contributed by atoms with Gasteiger partial charge in [-0.15, -0.1) is 5.10 Å². The minimum Gasteiger partial charge on any atom is -0.324 e. The van der Waals surface area contributed by atoms with E-state index in [0.29, 0.717) is 22.4 Å². The van der Waals surface area contributed by atoms with E-state index < -0.39 is 0 Å². The molecule has 0 atom stereocenters. The Bertz CT molecular complexity index is 1140. The first kappa shape index (κ1) is 18.9.